The molecule has 1 N–H and O–H groups in total. The quantitative estimate of drug-likeness (QED) is 0.866. The summed E-state index contributed by atoms with van der Waals surface area (Å²) >= 11 is 0. The number of nitrogens with one attached hydrogen (secondary N) is 1. The highest BCUT2D eigenvalue weighted by molar-refractivity contribution is 5.33. The van der Waals surface area contributed by atoms with Crippen molar-refractivity contribution in [2.45, 2.75) is 38.1 Å². The zero-order valence-electron chi connectivity index (χ0n) is 11.0. The normalized spacial score (nSPS) is 18.6. The van der Waals surface area contributed by atoms with Crippen molar-refractivity contribution in [3.05, 3.63) is 17.8 Å². The second-order valence-electron chi connectivity index (χ2n) is 5.24. The van der Waals surface area contributed by atoms with E-state index in [1.54, 1.807) is 0 Å². The maximum absolute atomic E-state index is 4.15. The molecule has 0 aromatic carbocycles. The average Bonchev–Trinajstić information content (AvgIpc) is 2.78. The molecule has 0 amide bonds. The fourth-order valence-electron chi connectivity index (χ4n) is 2.56. The number of hydrogen-bond donors (Lipinski definition) is 1. The molecule has 1 aromatic heterocycles. The van der Waals surface area contributed by atoms with Crippen LogP contribution in [0.1, 0.15) is 31.4 Å². The zero-order chi connectivity index (χ0) is 12.3. The number of likely N-dealkylation sites (N-methyl/N-ethyl adjacent to an activating group) is 1. The Kier molecular flexibility index (Phi) is 3.62. The summed E-state index contributed by atoms with van der Waals surface area (Å²) in [6.45, 7) is 2.91. The maximum atomic E-state index is 4.15. The van der Waals surface area contributed by atoms with Gasteiger partial charge in [0.15, 0.2) is 0 Å². The lowest BCUT2D eigenvalue weighted by atomic mass is 9.96. The molecule has 1 saturated carbocycles. The van der Waals surface area contributed by atoms with E-state index in [1.807, 2.05) is 19.1 Å². The van der Waals surface area contributed by atoms with Crippen LogP contribution in [0.3, 0.4) is 0 Å². The second-order valence-corrected chi connectivity index (χ2v) is 5.24. The lowest BCUT2D eigenvalue weighted by molar-refractivity contribution is 0.172. The molecule has 4 heteroatoms. The number of hydrogen-bond acceptors (Lipinski definition) is 4. The molecular weight excluding hydrogens is 212 g/mol. The van der Waals surface area contributed by atoms with Crippen LogP contribution in [0.25, 0.3) is 0 Å². The van der Waals surface area contributed by atoms with E-state index < -0.39 is 0 Å². The first kappa shape index (κ1) is 12.3. The van der Waals surface area contributed by atoms with Crippen molar-refractivity contribution in [1.29, 1.82) is 0 Å². The molecule has 17 heavy (non-hydrogen) atoms. The number of aryl methyl sites for hydroxylation is 1. The fraction of sp³-hybridized carbons (Fsp3) is 0.692. The summed E-state index contributed by atoms with van der Waals surface area (Å²) in [5, 5.41) is 11.6. The summed E-state index contributed by atoms with van der Waals surface area (Å²) in [5.41, 5.74) is 1.26. The van der Waals surface area contributed by atoms with Gasteiger partial charge in [-0.25, -0.2) is 0 Å². The average molecular weight is 234 g/mol. The molecule has 0 saturated heterocycles. The van der Waals surface area contributed by atoms with Gasteiger partial charge in [0.2, 0.25) is 0 Å². The summed E-state index contributed by atoms with van der Waals surface area (Å²) in [5.74, 6) is 0.878. The van der Waals surface area contributed by atoms with Crippen LogP contribution >= 0.6 is 0 Å². The SMILES string of the molecule is Cc1ccc(NCC2(N(C)C)CCCC2)nn1. The van der Waals surface area contributed by atoms with Gasteiger partial charge in [-0.2, -0.15) is 5.10 Å². The first-order chi connectivity index (χ1) is 8.12. The molecule has 1 heterocycles. The summed E-state index contributed by atoms with van der Waals surface area (Å²) in [7, 11) is 4.35. The van der Waals surface area contributed by atoms with Crippen LogP contribution in [0.2, 0.25) is 0 Å². The Labute approximate surface area is 103 Å². The Bertz CT molecular complexity index is 352. The number of aromatic nitrogens is 2. The third-order valence-corrected chi connectivity index (χ3v) is 3.88. The molecule has 1 aliphatic carbocycles. The standard InChI is InChI=1S/C13H22N4/c1-11-6-7-12(16-15-11)14-10-13(17(2)3)8-4-5-9-13/h6-7H,4-5,8-10H2,1-3H3,(H,14,16). The highest BCUT2D eigenvalue weighted by Gasteiger charge is 2.35. The van der Waals surface area contributed by atoms with Gasteiger partial charge in [-0.15, -0.1) is 5.10 Å². The minimum absolute atomic E-state index is 0.298. The molecule has 1 fully saturated rings. The summed E-state index contributed by atoms with van der Waals surface area (Å²) in [6.07, 6.45) is 5.21. The monoisotopic (exact) mass is 234 g/mol. The Balaban J connectivity index is 1.98. The van der Waals surface area contributed by atoms with E-state index in [4.69, 9.17) is 0 Å². The van der Waals surface area contributed by atoms with Gasteiger partial charge in [0.1, 0.15) is 5.82 Å². The molecule has 4 nitrogen and oxygen atoms in total. The van der Waals surface area contributed by atoms with E-state index in [9.17, 15) is 0 Å². The minimum Gasteiger partial charge on any atom is -0.367 e. The molecule has 0 atom stereocenters. The Morgan fingerprint density at radius 3 is 2.47 bits per heavy atom. The fourth-order valence-corrected chi connectivity index (χ4v) is 2.56. The minimum atomic E-state index is 0.298. The van der Waals surface area contributed by atoms with Gasteiger partial charge in [0, 0.05) is 12.1 Å². The Hall–Kier alpha value is -1.16. The Morgan fingerprint density at radius 1 is 1.24 bits per heavy atom. The molecule has 0 aliphatic heterocycles. The lowest BCUT2D eigenvalue weighted by Crippen LogP contribution is -2.47. The van der Waals surface area contributed by atoms with Crippen molar-refractivity contribution in [2.75, 3.05) is 26.0 Å². The third-order valence-electron chi connectivity index (χ3n) is 3.88. The van der Waals surface area contributed by atoms with E-state index in [1.165, 1.54) is 25.7 Å². The highest BCUT2D eigenvalue weighted by Crippen LogP contribution is 2.33. The largest absolute Gasteiger partial charge is 0.367 e. The number of anilines is 1. The van der Waals surface area contributed by atoms with E-state index in [-0.39, 0.29) is 0 Å². The first-order valence-electron chi connectivity index (χ1n) is 6.34. The van der Waals surface area contributed by atoms with E-state index in [2.05, 4.69) is 34.5 Å². The molecule has 94 valence electrons. The highest BCUT2D eigenvalue weighted by atomic mass is 15.2. The van der Waals surface area contributed by atoms with Gasteiger partial charge in [-0.05, 0) is 46.0 Å². The molecule has 0 bridgehead atoms. The van der Waals surface area contributed by atoms with Crippen molar-refractivity contribution >= 4 is 5.82 Å². The van der Waals surface area contributed by atoms with Crippen molar-refractivity contribution in [1.82, 2.24) is 15.1 Å². The van der Waals surface area contributed by atoms with Crippen LogP contribution in [-0.4, -0.2) is 41.3 Å². The van der Waals surface area contributed by atoms with Crippen LogP contribution in [-0.2, 0) is 0 Å². The molecule has 1 aliphatic rings. The predicted octanol–water partition coefficient (Wildman–Crippen LogP) is 2.07. The number of nitrogens with zero attached hydrogens (tertiary/aromatic N) is 3. The van der Waals surface area contributed by atoms with Gasteiger partial charge in [-0.1, -0.05) is 12.8 Å². The Morgan fingerprint density at radius 2 is 1.94 bits per heavy atom. The van der Waals surface area contributed by atoms with Crippen molar-refractivity contribution in [3.63, 3.8) is 0 Å². The molecule has 0 radical (unpaired) electrons. The van der Waals surface area contributed by atoms with Gasteiger partial charge in [-0.3, -0.25) is 0 Å². The van der Waals surface area contributed by atoms with Crippen LogP contribution in [0.4, 0.5) is 5.82 Å². The molecule has 2 rings (SSSR count). The van der Waals surface area contributed by atoms with Gasteiger partial charge >= 0.3 is 0 Å². The molecule has 1 aromatic rings. The van der Waals surface area contributed by atoms with E-state index in [0.29, 0.717) is 5.54 Å². The van der Waals surface area contributed by atoms with E-state index >= 15 is 0 Å². The van der Waals surface area contributed by atoms with Crippen LogP contribution in [0.15, 0.2) is 12.1 Å². The maximum Gasteiger partial charge on any atom is 0.148 e. The van der Waals surface area contributed by atoms with Gasteiger partial charge < -0.3 is 10.2 Å². The smallest absolute Gasteiger partial charge is 0.148 e. The third kappa shape index (κ3) is 2.75. The molecule has 0 spiro atoms. The predicted molar refractivity (Wildman–Crippen MR) is 70.1 cm³/mol. The zero-order valence-corrected chi connectivity index (χ0v) is 11.0. The number of rotatable bonds is 4. The van der Waals surface area contributed by atoms with Gasteiger partial charge in [0.05, 0.1) is 5.69 Å². The van der Waals surface area contributed by atoms with Crippen molar-refractivity contribution in [2.24, 2.45) is 0 Å². The van der Waals surface area contributed by atoms with E-state index in [0.717, 1.165) is 18.1 Å². The first-order valence-corrected chi connectivity index (χ1v) is 6.34. The lowest BCUT2D eigenvalue weighted by Gasteiger charge is -2.36. The molecule has 0 unspecified atom stereocenters. The van der Waals surface area contributed by atoms with Crippen LogP contribution in [0, 0.1) is 6.92 Å². The topological polar surface area (TPSA) is 41.0 Å². The second kappa shape index (κ2) is 5.00. The van der Waals surface area contributed by atoms with Crippen molar-refractivity contribution < 1.29 is 0 Å². The van der Waals surface area contributed by atoms with Crippen LogP contribution in [0.5, 0.6) is 0 Å². The summed E-state index contributed by atoms with van der Waals surface area (Å²) < 4.78 is 0. The molecular formula is C13H22N4. The van der Waals surface area contributed by atoms with Crippen LogP contribution < -0.4 is 5.32 Å². The summed E-state index contributed by atoms with van der Waals surface area (Å²) in [4.78, 5) is 2.36. The van der Waals surface area contributed by atoms with Crippen molar-refractivity contribution in [3.8, 4) is 0 Å². The van der Waals surface area contributed by atoms with Gasteiger partial charge in [0.25, 0.3) is 0 Å². The summed E-state index contributed by atoms with van der Waals surface area (Å²) in [6, 6.07) is 3.99.